The predicted molar refractivity (Wildman–Crippen MR) is 79.6 cm³/mol. The van der Waals surface area contributed by atoms with Crippen LogP contribution in [0.1, 0.15) is 39.1 Å². The van der Waals surface area contributed by atoms with Gasteiger partial charge in [-0.2, -0.15) is 0 Å². The third kappa shape index (κ3) is 3.85. The molecule has 1 N–H and O–H groups in total. The molecule has 0 spiro atoms. The second-order valence-corrected chi connectivity index (χ2v) is 5.11. The first kappa shape index (κ1) is 15.1. The summed E-state index contributed by atoms with van der Waals surface area (Å²) in [6, 6.07) is 6.55. The van der Waals surface area contributed by atoms with Crippen molar-refractivity contribution in [1.29, 1.82) is 0 Å². The summed E-state index contributed by atoms with van der Waals surface area (Å²) < 4.78 is 8.75. The highest BCUT2D eigenvalue weighted by molar-refractivity contribution is 7.08. The van der Waals surface area contributed by atoms with Crippen LogP contribution in [0.4, 0.5) is 5.69 Å². The molecule has 0 radical (unpaired) electrons. The van der Waals surface area contributed by atoms with E-state index in [0.29, 0.717) is 28.4 Å². The molecule has 0 aliphatic rings. The number of anilines is 1. The summed E-state index contributed by atoms with van der Waals surface area (Å²) >= 11 is 1.05. The number of amides is 1. The molecule has 1 amide bonds. The van der Waals surface area contributed by atoms with E-state index in [2.05, 4.69) is 14.9 Å². The van der Waals surface area contributed by atoms with Gasteiger partial charge in [0.05, 0.1) is 17.9 Å². The first-order valence-corrected chi connectivity index (χ1v) is 7.26. The maximum atomic E-state index is 12.0. The van der Waals surface area contributed by atoms with Crippen molar-refractivity contribution in [2.24, 2.45) is 0 Å². The van der Waals surface area contributed by atoms with Crippen LogP contribution in [-0.4, -0.2) is 28.1 Å². The minimum atomic E-state index is -0.364. The summed E-state index contributed by atoms with van der Waals surface area (Å²) in [4.78, 5) is 24.1. The van der Waals surface area contributed by atoms with E-state index in [1.54, 1.807) is 31.2 Å². The number of ether oxygens (including phenoxy) is 1. The van der Waals surface area contributed by atoms with Gasteiger partial charge in [0.15, 0.2) is 0 Å². The molecule has 0 bridgehead atoms. The fraction of sp³-hybridized carbons (Fsp3) is 0.286. The van der Waals surface area contributed by atoms with Crippen molar-refractivity contribution in [1.82, 2.24) is 9.59 Å². The van der Waals surface area contributed by atoms with Gasteiger partial charge in [-0.3, -0.25) is 4.79 Å². The van der Waals surface area contributed by atoms with Crippen molar-refractivity contribution in [3.05, 3.63) is 40.4 Å². The first-order valence-electron chi connectivity index (χ1n) is 6.49. The number of nitrogens with one attached hydrogen (secondary N) is 1. The Morgan fingerprint density at radius 1 is 1.29 bits per heavy atom. The van der Waals surface area contributed by atoms with E-state index >= 15 is 0 Å². The van der Waals surface area contributed by atoms with Gasteiger partial charge in [-0.1, -0.05) is 11.4 Å². The Kier molecular flexibility index (Phi) is 4.99. The van der Waals surface area contributed by atoms with Crippen LogP contribution in [0, 0.1) is 6.92 Å². The van der Waals surface area contributed by atoms with Crippen LogP contribution < -0.4 is 5.32 Å². The number of benzene rings is 1. The number of nitrogens with zero attached hydrogens (tertiary/aromatic N) is 2. The van der Waals surface area contributed by atoms with Crippen LogP contribution in [0.25, 0.3) is 0 Å². The van der Waals surface area contributed by atoms with Gasteiger partial charge in [-0.25, -0.2) is 4.79 Å². The third-order valence-electron chi connectivity index (χ3n) is 2.67. The Balaban J connectivity index is 2.01. The highest BCUT2D eigenvalue weighted by Crippen LogP contribution is 2.15. The third-order valence-corrected chi connectivity index (χ3v) is 3.50. The Hall–Kier alpha value is -2.28. The normalized spacial score (nSPS) is 10.2. The lowest BCUT2D eigenvalue weighted by Crippen LogP contribution is -2.12. The van der Waals surface area contributed by atoms with E-state index in [4.69, 9.17) is 4.74 Å². The Labute approximate surface area is 126 Å². The molecule has 2 rings (SSSR count). The van der Waals surface area contributed by atoms with Crippen molar-refractivity contribution in [2.75, 3.05) is 11.9 Å². The largest absolute Gasteiger partial charge is 0.462 e. The highest BCUT2D eigenvalue weighted by atomic mass is 32.1. The molecule has 0 aliphatic heterocycles. The van der Waals surface area contributed by atoms with Crippen LogP contribution in [-0.2, 0) is 4.74 Å². The smallest absolute Gasteiger partial charge is 0.338 e. The molecule has 0 atom stereocenters. The maximum absolute atomic E-state index is 12.0. The zero-order chi connectivity index (χ0) is 15.2. The summed E-state index contributed by atoms with van der Waals surface area (Å²) in [5, 5.41) is 6.53. The lowest BCUT2D eigenvalue weighted by Gasteiger charge is -2.06. The minimum absolute atomic E-state index is 0.260. The van der Waals surface area contributed by atoms with Crippen LogP contribution in [0.5, 0.6) is 0 Å². The van der Waals surface area contributed by atoms with E-state index in [-0.39, 0.29) is 11.9 Å². The molecule has 0 fully saturated rings. The fourth-order valence-electron chi connectivity index (χ4n) is 1.60. The van der Waals surface area contributed by atoms with Crippen LogP contribution in [0.15, 0.2) is 24.3 Å². The fourth-order valence-corrected chi connectivity index (χ4v) is 2.15. The number of hydrogen-bond acceptors (Lipinski definition) is 6. The summed E-state index contributed by atoms with van der Waals surface area (Å²) in [6.07, 6.45) is 0.780. The number of carbonyl (C=O) groups is 2. The predicted octanol–water partition coefficient (Wildman–Crippen LogP) is 2.67. The lowest BCUT2D eigenvalue weighted by molar-refractivity contribution is 0.0505. The van der Waals surface area contributed by atoms with Crippen molar-refractivity contribution in [3.8, 4) is 0 Å². The van der Waals surface area contributed by atoms with E-state index in [9.17, 15) is 9.59 Å². The van der Waals surface area contributed by atoms with E-state index in [1.807, 2.05) is 6.92 Å². The van der Waals surface area contributed by atoms with Crippen molar-refractivity contribution >= 4 is 29.1 Å². The van der Waals surface area contributed by atoms with E-state index in [0.717, 1.165) is 18.0 Å². The monoisotopic (exact) mass is 305 g/mol. The van der Waals surface area contributed by atoms with Gasteiger partial charge in [0.2, 0.25) is 0 Å². The second-order valence-electron chi connectivity index (χ2n) is 4.35. The molecule has 110 valence electrons. The average Bonchev–Trinajstić information content (AvgIpc) is 2.91. The zero-order valence-corrected chi connectivity index (χ0v) is 12.6. The molecule has 0 aliphatic carbocycles. The quantitative estimate of drug-likeness (QED) is 0.859. The topological polar surface area (TPSA) is 81.2 Å². The first-order chi connectivity index (χ1) is 10.1. The molecule has 21 heavy (non-hydrogen) atoms. The summed E-state index contributed by atoms with van der Waals surface area (Å²) in [7, 11) is 0. The number of esters is 1. The Bertz CT molecular complexity index is 637. The van der Waals surface area contributed by atoms with Crippen molar-refractivity contribution < 1.29 is 14.3 Å². The molecule has 6 nitrogen and oxygen atoms in total. The molecule has 1 aromatic heterocycles. The molecule has 0 saturated heterocycles. The molecule has 1 heterocycles. The van der Waals surface area contributed by atoms with Gasteiger partial charge >= 0.3 is 5.97 Å². The van der Waals surface area contributed by atoms with Gasteiger partial charge in [0.1, 0.15) is 4.88 Å². The lowest BCUT2D eigenvalue weighted by atomic mass is 10.2. The van der Waals surface area contributed by atoms with Crippen LogP contribution in [0.2, 0.25) is 0 Å². The zero-order valence-electron chi connectivity index (χ0n) is 11.8. The number of rotatable bonds is 5. The molecular formula is C14H15N3O3S. The molecule has 7 heteroatoms. The standard InChI is InChI=1S/C14H15N3O3S/c1-3-8-20-14(19)10-4-6-11(7-5-10)15-13(18)12-9(2)16-17-21-12/h4-7H,3,8H2,1-2H3,(H,15,18). The second kappa shape index (κ2) is 6.94. The van der Waals surface area contributed by atoms with Crippen LogP contribution >= 0.6 is 11.5 Å². The molecule has 0 unspecified atom stereocenters. The van der Waals surface area contributed by atoms with Gasteiger partial charge in [-0.15, -0.1) is 5.10 Å². The SMILES string of the molecule is CCCOC(=O)c1ccc(NC(=O)c2snnc2C)cc1. The summed E-state index contributed by atoms with van der Waals surface area (Å²) in [5.41, 5.74) is 1.65. The van der Waals surface area contributed by atoms with Gasteiger partial charge < -0.3 is 10.1 Å². The van der Waals surface area contributed by atoms with E-state index in [1.165, 1.54) is 0 Å². The van der Waals surface area contributed by atoms with Crippen molar-refractivity contribution in [3.63, 3.8) is 0 Å². The molecule has 2 aromatic rings. The maximum Gasteiger partial charge on any atom is 0.338 e. The van der Waals surface area contributed by atoms with E-state index < -0.39 is 0 Å². The number of aryl methyl sites for hydroxylation is 1. The summed E-state index contributed by atoms with van der Waals surface area (Å²) in [5.74, 6) is -0.624. The van der Waals surface area contributed by atoms with Gasteiger partial charge in [0, 0.05) is 5.69 Å². The van der Waals surface area contributed by atoms with Crippen LogP contribution in [0.3, 0.4) is 0 Å². The number of aromatic nitrogens is 2. The van der Waals surface area contributed by atoms with Gasteiger partial charge in [0.25, 0.3) is 5.91 Å². The minimum Gasteiger partial charge on any atom is -0.462 e. The molecule has 1 aromatic carbocycles. The number of carbonyl (C=O) groups excluding carboxylic acids is 2. The Morgan fingerprint density at radius 2 is 2.00 bits per heavy atom. The molecule has 0 saturated carbocycles. The van der Waals surface area contributed by atoms with Crippen molar-refractivity contribution in [2.45, 2.75) is 20.3 Å². The average molecular weight is 305 g/mol. The summed E-state index contributed by atoms with van der Waals surface area (Å²) in [6.45, 7) is 4.06. The highest BCUT2D eigenvalue weighted by Gasteiger charge is 2.13. The van der Waals surface area contributed by atoms with Gasteiger partial charge in [-0.05, 0) is 49.1 Å². The Morgan fingerprint density at radius 3 is 2.57 bits per heavy atom. The molecular weight excluding hydrogens is 290 g/mol. The number of hydrogen-bond donors (Lipinski definition) is 1.